The van der Waals surface area contributed by atoms with Gasteiger partial charge in [0.05, 0.1) is 7.11 Å². The van der Waals surface area contributed by atoms with E-state index in [1.807, 2.05) is 13.0 Å². The Hall–Kier alpha value is -2.36. The summed E-state index contributed by atoms with van der Waals surface area (Å²) < 4.78 is 4.51. The van der Waals surface area contributed by atoms with Crippen molar-refractivity contribution in [2.75, 3.05) is 7.11 Å². The molecule has 0 fully saturated rings. The van der Waals surface area contributed by atoms with Crippen LogP contribution in [0.4, 0.5) is 0 Å². The number of rotatable bonds is 6. The molecule has 0 saturated heterocycles. The molecule has 0 saturated carbocycles. The molecule has 142 valence electrons. The van der Waals surface area contributed by atoms with Gasteiger partial charge in [0.15, 0.2) is 0 Å². The van der Waals surface area contributed by atoms with Crippen LogP contribution in [0.5, 0.6) is 0 Å². The van der Waals surface area contributed by atoms with E-state index in [2.05, 4.69) is 43.7 Å². The lowest BCUT2D eigenvalue weighted by molar-refractivity contribution is -0.142. The van der Waals surface area contributed by atoms with Crippen LogP contribution in [-0.4, -0.2) is 24.2 Å². The quantitative estimate of drug-likeness (QED) is 0.181. The molecule has 0 spiro atoms. The highest BCUT2D eigenvalue weighted by Gasteiger charge is 2.30. The molecule has 0 aromatic rings. The van der Waals surface area contributed by atoms with E-state index >= 15 is 0 Å². The lowest BCUT2D eigenvalue weighted by Crippen LogP contribution is -2.26. The van der Waals surface area contributed by atoms with Gasteiger partial charge in [0.25, 0.3) is 0 Å². The highest BCUT2D eigenvalue weighted by molar-refractivity contribution is 6.14. The number of hydrogen-bond acceptors (Lipinski definition) is 3. The zero-order valence-corrected chi connectivity index (χ0v) is 16.6. The lowest BCUT2D eigenvalue weighted by Gasteiger charge is -2.36. The van der Waals surface area contributed by atoms with Crippen LogP contribution in [0.3, 0.4) is 0 Å². The van der Waals surface area contributed by atoms with Gasteiger partial charge in [-0.25, -0.2) is 9.59 Å². The molecule has 4 nitrogen and oxygen atoms in total. The normalized spacial score (nSPS) is 21.5. The van der Waals surface area contributed by atoms with Crippen LogP contribution in [0.15, 0.2) is 58.7 Å². The first kappa shape index (κ1) is 21.7. The summed E-state index contributed by atoms with van der Waals surface area (Å²) in [7, 11) is 1.17. The van der Waals surface area contributed by atoms with Gasteiger partial charge in [-0.15, -0.1) is 0 Å². The standard InChI is InChI=1S/C22H30O4/c1-15(12-13-18-16(2)11-8-14-22(18,4)5)9-7-10-17(3)19(20(23)24)21(25)26-6/h7,9-13,18H,8,14H2,1-6H3,(H,23,24)/b10-7+,13-12+,15-9+,19-17+. The number of carboxylic acids is 1. The maximum atomic E-state index is 11.5. The average molecular weight is 358 g/mol. The molecule has 0 aromatic heterocycles. The Morgan fingerprint density at radius 1 is 1.27 bits per heavy atom. The number of esters is 1. The number of aliphatic carboxylic acids is 1. The summed E-state index contributed by atoms with van der Waals surface area (Å²) in [6.45, 7) is 10.3. The van der Waals surface area contributed by atoms with Crippen molar-refractivity contribution in [2.45, 2.75) is 47.5 Å². The highest BCUT2D eigenvalue weighted by atomic mass is 16.5. The van der Waals surface area contributed by atoms with E-state index in [9.17, 15) is 9.59 Å². The monoisotopic (exact) mass is 358 g/mol. The van der Waals surface area contributed by atoms with Crippen molar-refractivity contribution in [3.63, 3.8) is 0 Å². The zero-order valence-electron chi connectivity index (χ0n) is 16.6. The van der Waals surface area contributed by atoms with Crippen LogP contribution in [0.2, 0.25) is 0 Å². The van der Waals surface area contributed by atoms with E-state index < -0.39 is 11.9 Å². The minimum atomic E-state index is -1.29. The van der Waals surface area contributed by atoms with Gasteiger partial charge in [-0.1, -0.05) is 61.4 Å². The van der Waals surface area contributed by atoms with Gasteiger partial charge in [0.2, 0.25) is 0 Å². The fourth-order valence-electron chi connectivity index (χ4n) is 3.23. The Morgan fingerprint density at radius 2 is 1.92 bits per heavy atom. The first-order chi connectivity index (χ1) is 12.1. The highest BCUT2D eigenvalue weighted by Crippen LogP contribution is 2.41. The molecule has 0 bridgehead atoms. The van der Waals surface area contributed by atoms with Crippen LogP contribution in [-0.2, 0) is 14.3 Å². The third-order valence-electron chi connectivity index (χ3n) is 4.84. The predicted octanol–water partition coefficient (Wildman–Crippen LogP) is 5.00. The van der Waals surface area contributed by atoms with Crippen molar-refractivity contribution in [3.8, 4) is 0 Å². The molecule has 4 heteroatoms. The van der Waals surface area contributed by atoms with Crippen molar-refractivity contribution >= 4 is 11.9 Å². The molecule has 1 rings (SSSR count). The Bertz CT molecular complexity index is 700. The minimum absolute atomic E-state index is 0.252. The van der Waals surface area contributed by atoms with Gasteiger partial charge < -0.3 is 9.84 Å². The second-order valence-corrected chi connectivity index (χ2v) is 7.44. The van der Waals surface area contributed by atoms with Gasteiger partial charge >= 0.3 is 11.9 Å². The molecule has 1 atom stereocenters. The van der Waals surface area contributed by atoms with Gasteiger partial charge in [-0.2, -0.15) is 0 Å². The van der Waals surface area contributed by atoms with Crippen molar-refractivity contribution < 1.29 is 19.4 Å². The number of allylic oxidation sites excluding steroid dienone is 9. The van der Waals surface area contributed by atoms with Gasteiger partial charge in [-0.3, -0.25) is 0 Å². The Labute approximate surface area is 156 Å². The van der Waals surface area contributed by atoms with E-state index in [1.165, 1.54) is 19.1 Å². The second kappa shape index (κ2) is 9.37. The van der Waals surface area contributed by atoms with Crippen molar-refractivity contribution in [1.82, 2.24) is 0 Å². The first-order valence-electron chi connectivity index (χ1n) is 8.82. The Morgan fingerprint density at radius 3 is 2.46 bits per heavy atom. The number of ether oxygens (including phenoxy) is 1. The first-order valence-corrected chi connectivity index (χ1v) is 8.82. The van der Waals surface area contributed by atoms with Gasteiger partial charge in [-0.05, 0) is 44.6 Å². The fraction of sp³-hybridized carbons (Fsp3) is 0.455. The van der Waals surface area contributed by atoms with E-state index in [1.54, 1.807) is 19.1 Å². The number of carboxylic acid groups (broad SMARTS) is 1. The maximum Gasteiger partial charge on any atom is 0.345 e. The molecule has 0 heterocycles. The molecule has 1 aliphatic rings. The summed E-state index contributed by atoms with van der Waals surface area (Å²) >= 11 is 0. The molecule has 0 aliphatic heterocycles. The smallest absolute Gasteiger partial charge is 0.345 e. The van der Waals surface area contributed by atoms with Crippen molar-refractivity contribution in [1.29, 1.82) is 0 Å². The third kappa shape index (κ3) is 5.87. The van der Waals surface area contributed by atoms with E-state index in [-0.39, 0.29) is 11.0 Å². The van der Waals surface area contributed by atoms with Gasteiger partial charge in [0.1, 0.15) is 5.57 Å². The van der Waals surface area contributed by atoms with Crippen molar-refractivity contribution in [3.05, 3.63) is 58.7 Å². The van der Waals surface area contributed by atoms with Gasteiger partial charge in [0, 0.05) is 5.92 Å². The number of hydrogen-bond donors (Lipinski definition) is 1. The molecule has 0 aromatic carbocycles. The molecule has 26 heavy (non-hydrogen) atoms. The lowest BCUT2D eigenvalue weighted by atomic mass is 9.68. The molecule has 0 amide bonds. The summed E-state index contributed by atoms with van der Waals surface area (Å²) in [5.74, 6) is -1.72. The Kier molecular flexibility index (Phi) is 7.81. The van der Waals surface area contributed by atoms with E-state index in [0.717, 1.165) is 12.0 Å². The summed E-state index contributed by atoms with van der Waals surface area (Å²) in [6, 6.07) is 0. The molecule has 0 radical (unpaired) electrons. The van der Waals surface area contributed by atoms with Crippen LogP contribution >= 0.6 is 0 Å². The summed E-state index contributed by atoms with van der Waals surface area (Å²) in [5, 5.41) is 9.13. The predicted molar refractivity (Wildman–Crippen MR) is 105 cm³/mol. The van der Waals surface area contributed by atoms with Crippen LogP contribution in [0, 0.1) is 11.3 Å². The van der Waals surface area contributed by atoms with Crippen LogP contribution < -0.4 is 0 Å². The number of carbonyl (C=O) groups is 2. The maximum absolute atomic E-state index is 11.5. The third-order valence-corrected chi connectivity index (χ3v) is 4.84. The van der Waals surface area contributed by atoms with Crippen LogP contribution in [0.1, 0.15) is 47.5 Å². The molecular weight excluding hydrogens is 328 g/mol. The summed E-state index contributed by atoms with van der Waals surface area (Å²) in [5.41, 5.74) is 2.71. The summed E-state index contributed by atoms with van der Waals surface area (Å²) in [4.78, 5) is 22.7. The van der Waals surface area contributed by atoms with E-state index in [0.29, 0.717) is 11.5 Å². The number of methoxy groups -OCH3 is 1. The second-order valence-electron chi connectivity index (χ2n) is 7.44. The average Bonchev–Trinajstić information content (AvgIpc) is 2.53. The Balaban J connectivity index is 2.92. The summed E-state index contributed by atoms with van der Waals surface area (Å²) in [6.07, 6.45) is 14.2. The molecule has 1 unspecified atom stereocenters. The van der Waals surface area contributed by atoms with E-state index in [4.69, 9.17) is 5.11 Å². The minimum Gasteiger partial charge on any atom is -0.477 e. The fourth-order valence-corrected chi connectivity index (χ4v) is 3.23. The van der Waals surface area contributed by atoms with Crippen LogP contribution in [0.25, 0.3) is 0 Å². The molecular formula is C22H30O4. The SMILES string of the molecule is COC(=O)/C(C(=O)O)=C(C)/C=C/C=C(C)/C=C/C1C(C)=CCCC1(C)C. The number of carbonyl (C=O) groups excluding carboxylic acids is 1. The topological polar surface area (TPSA) is 63.6 Å². The largest absolute Gasteiger partial charge is 0.477 e. The molecule has 1 aliphatic carbocycles. The molecule has 1 N–H and O–H groups in total. The zero-order chi connectivity index (χ0) is 19.9. The van der Waals surface area contributed by atoms with Crippen molar-refractivity contribution in [2.24, 2.45) is 11.3 Å².